The summed E-state index contributed by atoms with van der Waals surface area (Å²) in [5.41, 5.74) is 5.91. The van der Waals surface area contributed by atoms with Crippen LogP contribution in [0.4, 0.5) is 0 Å². The Balaban J connectivity index is 2.49. The minimum atomic E-state index is 0.552. The first-order chi connectivity index (χ1) is 7.54. The van der Waals surface area contributed by atoms with Gasteiger partial charge in [0.15, 0.2) is 0 Å². The van der Waals surface area contributed by atoms with Crippen molar-refractivity contribution in [1.82, 2.24) is 9.80 Å². The maximum atomic E-state index is 5.91. The minimum Gasteiger partial charge on any atom is -0.329 e. The Hall–Kier alpha value is -0.120. The summed E-state index contributed by atoms with van der Waals surface area (Å²) in [6.07, 6.45) is 3.87. The molecule has 2 unspecified atom stereocenters. The molecule has 0 aromatic heterocycles. The van der Waals surface area contributed by atoms with Crippen LogP contribution in [0.15, 0.2) is 0 Å². The lowest BCUT2D eigenvalue weighted by Gasteiger charge is -2.40. The highest BCUT2D eigenvalue weighted by molar-refractivity contribution is 4.83. The van der Waals surface area contributed by atoms with Crippen molar-refractivity contribution in [3.63, 3.8) is 0 Å². The van der Waals surface area contributed by atoms with E-state index in [0.717, 1.165) is 12.5 Å². The van der Waals surface area contributed by atoms with Crippen molar-refractivity contribution in [1.29, 1.82) is 0 Å². The number of hydrogen-bond donors (Lipinski definition) is 1. The van der Waals surface area contributed by atoms with Crippen molar-refractivity contribution in [2.75, 3.05) is 33.7 Å². The van der Waals surface area contributed by atoms with Gasteiger partial charge in [-0.25, -0.2) is 0 Å². The predicted octanol–water partition coefficient (Wildman–Crippen LogP) is 1.39. The first-order valence-corrected chi connectivity index (χ1v) is 6.65. The molecule has 2 atom stereocenters. The van der Waals surface area contributed by atoms with Crippen LogP contribution < -0.4 is 5.73 Å². The standard InChI is InChI=1S/C13H29N3/c1-11(2)8-13(9-14)16(4)12-6-5-7-15(3)10-12/h11-13H,5-10,14H2,1-4H3. The average molecular weight is 227 g/mol. The lowest BCUT2D eigenvalue weighted by atomic mass is 9.98. The predicted molar refractivity (Wildman–Crippen MR) is 70.6 cm³/mol. The zero-order valence-electron chi connectivity index (χ0n) is 11.4. The van der Waals surface area contributed by atoms with E-state index in [-0.39, 0.29) is 0 Å². The van der Waals surface area contributed by atoms with Crippen LogP contribution in [0.3, 0.4) is 0 Å². The highest BCUT2D eigenvalue weighted by atomic mass is 15.2. The van der Waals surface area contributed by atoms with Gasteiger partial charge < -0.3 is 10.6 Å². The summed E-state index contributed by atoms with van der Waals surface area (Å²) in [5.74, 6) is 0.734. The van der Waals surface area contributed by atoms with Crippen LogP contribution in [0, 0.1) is 5.92 Å². The SMILES string of the molecule is CC(C)CC(CN)N(C)C1CCCN(C)C1. The second kappa shape index (κ2) is 6.58. The summed E-state index contributed by atoms with van der Waals surface area (Å²) in [7, 11) is 4.48. The van der Waals surface area contributed by atoms with Crippen LogP contribution in [0.5, 0.6) is 0 Å². The molecule has 0 aliphatic carbocycles. The van der Waals surface area contributed by atoms with Crippen LogP contribution in [0.1, 0.15) is 33.1 Å². The highest BCUT2D eigenvalue weighted by Crippen LogP contribution is 2.18. The Morgan fingerprint density at radius 3 is 2.62 bits per heavy atom. The zero-order chi connectivity index (χ0) is 12.1. The number of rotatable bonds is 5. The molecule has 1 aliphatic rings. The molecule has 0 radical (unpaired) electrons. The molecule has 1 saturated heterocycles. The summed E-state index contributed by atoms with van der Waals surface area (Å²) < 4.78 is 0. The third-order valence-electron chi connectivity index (χ3n) is 3.77. The fourth-order valence-electron chi connectivity index (χ4n) is 2.74. The molecule has 0 aromatic carbocycles. The van der Waals surface area contributed by atoms with Crippen LogP contribution in [-0.2, 0) is 0 Å². The van der Waals surface area contributed by atoms with Gasteiger partial charge >= 0.3 is 0 Å². The molecular weight excluding hydrogens is 198 g/mol. The van der Waals surface area contributed by atoms with E-state index in [4.69, 9.17) is 5.73 Å². The fourth-order valence-corrected chi connectivity index (χ4v) is 2.74. The summed E-state index contributed by atoms with van der Waals surface area (Å²) in [5, 5.41) is 0. The second-order valence-electron chi connectivity index (χ2n) is 5.74. The molecule has 0 bridgehead atoms. The molecule has 1 rings (SSSR count). The summed E-state index contributed by atoms with van der Waals surface area (Å²) >= 11 is 0. The van der Waals surface area contributed by atoms with E-state index in [1.807, 2.05) is 0 Å². The zero-order valence-corrected chi connectivity index (χ0v) is 11.4. The largest absolute Gasteiger partial charge is 0.329 e. The molecule has 0 saturated carbocycles. The number of likely N-dealkylation sites (N-methyl/N-ethyl adjacent to an activating group) is 2. The van der Waals surface area contributed by atoms with Crippen LogP contribution in [0.25, 0.3) is 0 Å². The monoisotopic (exact) mass is 227 g/mol. The van der Waals surface area contributed by atoms with E-state index in [0.29, 0.717) is 12.1 Å². The number of hydrogen-bond acceptors (Lipinski definition) is 3. The Morgan fingerprint density at radius 1 is 1.44 bits per heavy atom. The minimum absolute atomic E-state index is 0.552. The fraction of sp³-hybridized carbons (Fsp3) is 1.00. The maximum Gasteiger partial charge on any atom is 0.0223 e. The first kappa shape index (κ1) is 13.9. The first-order valence-electron chi connectivity index (χ1n) is 6.65. The van der Waals surface area contributed by atoms with Gasteiger partial charge in [0.25, 0.3) is 0 Å². The molecule has 1 aliphatic heterocycles. The Labute approximate surface area is 101 Å². The number of likely N-dealkylation sites (tertiary alicyclic amines) is 1. The number of nitrogens with zero attached hydrogens (tertiary/aromatic N) is 2. The van der Waals surface area contributed by atoms with E-state index < -0.39 is 0 Å². The lowest BCUT2D eigenvalue weighted by Crippen LogP contribution is -2.51. The Bertz CT molecular complexity index is 190. The van der Waals surface area contributed by atoms with Gasteiger partial charge in [-0.1, -0.05) is 13.8 Å². The van der Waals surface area contributed by atoms with Crippen molar-refractivity contribution >= 4 is 0 Å². The van der Waals surface area contributed by atoms with Gasteiger partial charge in [-0.3, -0.25) is 4.90 Å². The van der Waals surface area contributed by atoms with Gasteiger partial charge in [-0.05, 0) is 45.8 Å². The molecule has 96 valence electrons. The Kier molecular flexibility index (Phi) is 5.73. The summed E-state index contributed by atoms with van der Waals surface area (Å²) in [6, 6.07) is 1.25. The molecular formula is C13H29N3. The normalized spacial score (nSPS) is 25.3. The number of piperidine rings is 1. The molecule has 1 heterocycles. The second-order valence-corrected chi connectivity index (χ2v) is 5.74. The summed E-state index contributed by atoms with van der Waals surface area (Å²) in [6.45, 7) is 7.80. The number of nitrogens with two attached hydrogens (primary N) is 1. The van der Waals surface area contributed by atoms with Crippen molar-refractivity contribution < 1.29 is 0 Å². The Morgan fingerprint density at radius 2 is 2.12 bits per heavy atom. The van der Waals surface area contributed by atoms with Gasteiger partial charge in [-0.2, -0.15) is 0 Å². The van der Waals surface area contributed by atoms with Crippen molar-refractivity contribution in [3.8, 4) is 0 Å². The van der Waals surface area contributed by atoms with E-state index >= 15 is 0 Å². The highest BCUT2D eigenvalue weighted by Gasteiger charge is 2.25. The molecule has 2 N–H and O–H groups in total. The molecule has 0 aromatic rings. The van der Waals surface area contributed by atoms with E-state index in [9.17, 15) is 0 Å². The van der Waals surface area contributed by atoms with Crippen LogP contribution in [0.2, 0.25) is 0 Å². The van der Waals surface area contributed by atoms with E-state index in [2.05, 4.69) is 37.7 Å². The van der Waals surface area contributed by atoms with Crippen LogP contribution in [-0.4, -0.2) is 55.6 Å². The smallest absolute Gasteiger partial charge is 0.0223 e. The average Bonchev–Trinajstić information content (AvgIpc) is 2.24. The van der Waals surface area contributed by atoms with Crippen LogP contribution >= 0.6 is 0 Å². The van der Waals surface area contributed by atoms with Gasteiger partial charge in [0, 0.05) is 25.2 Å². The van der Waals surface area contributed by atoms with Gasteiger partial charge in [0.05, 0.1) is 0 Å². The maximum absolute atomic E-state index is 5.91. The van der Waals surface area contributed by atoms with Gasteiger partial charge in [0.2, 0.25) is 0 Å². The van der Waals surface area contributed by atoms with Gasteiger partial charge in [-0.15, -0.1) is 0 Å². The lowest BCUT2D eigenvalue weighted by molar-refractivity contribution is 0.0921. The molecule has 3 nitrogen and oxygen atoms in total. The molecule has 3 heteroatoms. The van der Waals surface area contributed by atoms with Crippen molar-refractivity contribution in [3.05, 3.63) is 0 Å². The van der Waals surface area contributed by atoms with E-state index in [1.165, 1.54) is 32.4 Å². The third kappa shape index (κ3) is 4.04. The quantitative estimate of drug-likeness (QED) is 0.770. The molecule has 0 amide bonds. The summed E-state index contributed by atoms with van der Waals surface area (Å²) in [4.78, 5) is 4.96. The van der Waals surface area contributed by atoms with Gasteiger partial charge in [0.1, 0.15) is 0 Å². The van der Waals surface area contributed by atoms with Crippen molar-refractivity contribution in [2.24, 2.45) is 11.7 Å². The van der Waals surface area contributed by atoms with E-state index in [1.54, 1.807) is 0 Å². The molecule has 16 heavy (non-hydrogen) atoms. The third-order valence-corrected chi connectivity index (χ3v) is 3.77. The van der Waals surface area contributed by atoms with Crippen molar-refractivity contribution in [2.45, 2.75) is 45.2 Å². The molecule has 1 fully saturated rings. The molecule has 0 spiro atoms. The topological polar surface area (TPSA) is 32.5 Å².